The van der Waals surface area contributed by atoms with E-state index in [4.69, 9.17) is 0 Å². The second kappa shape index (κ2) is 3.12. The number of H-pyrrole nitrogens is 4. The largest absolute Gasteiger partial charge is 0.284 e. The predicted octanol–water partition coefficient (Wildman–Crippen LogP) is 0.648. The fourth-order valence-corrected chi connectivity index (χ4v) is 2.61. The molecular formula is C10H16N4. The normalized spacial score (nSPS) is 24.9. The van der Waals surface area contributed by atoms with E-state index >= 15 is 0 Å². The van der Waals surface area contributed by atoms with Crippen LogP contribution in [0.15, 0.2) is 0 Å². The molecule has 0 spiro atoms. The summed E-state index contributed by atoms with van der Waals surface area (Å²) in [4.78, 5) is 0. The van der Waals surface area contributed by atoms with Gasteiger partial charge in [-0.3, -0.25) is 10.2 Å². The second-order valence-electron chi connectivity index (χ2n) is 4.19. The fraction of sp³-hybridized carbons (Fsp3) is 0.600. The molecule has 1 saturated carbocycles. The summed E-state index contributed by atoms with van der Waals surface area (Å²) >= 11 is 0. The van der Waals surface area contributed by atoms with Crippen molar-refractivity contribution < 1.29 is 0 Å². The Morgan fingerprint density at radius 3 is 3.00 bits per heavy atom. The maximum Gasteiger partial charge on any atom is 0.0800 e. The third-order valence-corrected chi connectivity index (χ3v) is 3.31. The molecule has 1 unspecified atom stereocenters. The van der Waals surface area contributed by atoms with E-state index in [1.54, 1.807) is 5.57 Å². The van der Waals surface area contributed by atoms with E-state index in [-0.39, 0.29) is 0 Å². The summed E-state index contributed by atoms with van der Waals surface area (Å²) in [5.41, 5.74) is 1.58. The van der Waals surface area contributed by atoms with Crippen LogP contribution in [0.25, 0.3) is 11.6 Å². The van der Waals surface area contributed by atoms with E-state index in [1.807, 2.05) is 0 Å². The number of hydrogen-bond acceptors (Lipinski definition) is 0. The second-order valence-corrected chi connectivity index (χ2v) is 4.19. The van der Waals surface area contributed by atoms with Gasteiger partial charge in [0.05, 0.1) is 10.7 Å². The Labute approximate surface area is 81.7 Å². The van der Waals surface area contributed by atoms with Crippen LogP contribution >= 0.6 is 0 Å². The summed E-state index contributed by atoms with van der Waals surface area (Å²) in [5, 5.41) is 14.6. The van der Waals surface area contributed by atoms with Crippen LogP contribution in [0.5, 0.6) is 0 Å². The molecule has 3 rings (SSSR count). The molecule has 0 radical (unpaired) electrons. The lowest BCUT2D eigenvalue weighted by atomic mass is 9.98. The van der Waals surface area contributed by atoms with Crippen LogP contribution in [0.3, 0.4) is 0 Å². The minimum atomic E-state index is 0.671. The van der Waals surface area contributed by atoms with Gasteiger partial charge in [-0.05, 0) is 30.9 Å². The molecule has 1 atom stereocenters. The summed E-state index contributed by atoms with van der Waals surface area (Å²) in [6.07, 6.45) is 8.99. The molecule has 0 aromatic carbocycles. The molecule has 0 amide bonds. The van der Waals surface area contributed by atoms with Gasteiger partial charge in [0.15, 0.2) is 0 Å². The van der Waals surface area contributed by atoms with Crippen LogP contribution in [0, 0.1) is 5.92 Å². The van der Waals surface area contributed by atoms with Gasteiger partial charge in [-0.25, -0.2) is 10.4 Å². The van der Waals surface area contributed by atoms with Crippen LogP contribution in [0.1, 0.15) is 32.1 Å². The number of rotatable bonds is 0. The average Bonchev–Trinajstić information content (AvgIpc) is 2.42. The maximum atomic E-state index is 3.20. The van der Waals surface area contributed by atoms with Crippen molar-refractivity contribution in [1.29, 1.82) is 0 Å². The number of aromatic nitrogens is 4. The Bertz CT molecular complexity index is 465. The summed E-state index contributed by atoms with van der Waals surface area (Å²) in [6.45, 7) is 0. The average molecular weight is 192 g/mol. The molecule has 1 aromatic rings. The van der Waals surface area contributed by atoms with E-state index in [0.717, 1.165) is 0 Å². The molecule has 76 valence electrons. The molecule has 4 N–H and O–H groups in total. The summed E-state index contributed by atoms with van der Waals surface area (Å²) in [6, 6.07) is 0. The first-order valence-corrected chi connectivity index (χ1v) is 5.42. The molecule has 14 heavy (non-hydrogen) atoms. The highest BCUT2D eigenvalue weighted by Crippen LogP contribution is 2.30. The quantitative estimate of drug-likeness (QED) is 0.466. The fourth-order valence-electron chi connectivity index (χ4n) is 2.61. The highest BCUT2D eigenvalue weighted by atomic mass is 15.4. The van der Waals surface area contributed by atoms with Gasteiger partial charge in [0.1, 0.15) is 0 Å². The van der Waals surface area contributed by atoms with Gasteiger partial charge in [-0.15, -0.1) is 0 Å². The first-order valence-electron chi connectivity index (χ1n) is 5.42. The minimum absolute atomic E-state index is 0.671. The van der Waals surface area contributed by atoms with Crippen LogP contribution in [-0.2, 0) is 0 Å². The van der Waals surface area contributed by atoms with Crippen molar-refractivity contribution >= 4 is 11.6 Å². The topological polar surface area (TPSA) is 63.2 Å². The first kappa shape index (κ1) is 8.03. The third-order valence-electron chi connectivity index (χ3n) is 3.31. The van der Waals surface area contributed by atoms with Crippen molar-refractivity contribution in [2.24, 2.45) is 5.92 Å². The Morgan fingerprint density at radius 2 is 2.00 bits per heavy atom. The smallest absolute Gasteiger partial charge is 0.0800 e. The van der Waals surface area contributed by atoms with Crippen LogP contribution in [-0.4, -0.2) is 20.6 Å². The van der Waals surface area contributed by atoms with E-state index in [2.05, 4.69) is 26.7 Å². The predicted molar refractivity (Wildman–Crippen MR) is 55.2 cm³/mol. The first-order chi connectivity index (χ1) is 6.95. The van der Waals surface area contributed by atoms with Gasteiger partial charge < -0.3 is 0 Å². The Kier molecular flexibility index (Phi) is 1.79. The zero-order valence-electron chi connectivity index (χ0n) is 8.19. The number of nitrogens with one attached hydrogen (secondary N) is 4. The molecule has 0 saturated heterocycles. The Hall–Kier alpha value is -1.32. The lowest BCUT2D eigenvalue weighted by Gasteiger charge is -2.07. The lowest BCUT2D eigenvalue weighted by molar-refractivity contribution is 0.669. The molecule has 1 aromatic heterocycles. The van der Waals surface area contributed by atoms with Crippen molar-refractivity contribution in [1.82, 2.24) is 20.6 Å². The standard InChI is InChI=1S/C10H16N4/c1-2-4-7-6-9-10(8(7)5-3-1)12-14-13-11-9/h6-7,11-14H,1-5H2. The van der Waals surface area contributed by atoms with E-state index in [0.29, 0.717) is 5.92 Å². The summed E-state index contributed by atoms with van der Waals surface area (Å²) < 4.78 is 0. The van der Waals surface area contributed by atoms with Crippen molar-refractivity contribution in [3.05, 3.63) is 10.7 Å². The molecule has 2 aliphatic rings. The number of fused-ring (bicyclic) bond motifs is 2. The maximum absolute atomic E-state index is 3.20. The van der Waals surface area contributed by atoms with E-state index < -0.39 is 0 Å². The van der Waals surface area contributed by atoms with Crippen LogP contribution < -0.4 is 10.7 Å². The molecule has 1 fully saturated rings. The molecule has 1 heterocycles. The van der Waals surface area contributed by atoms with E-state index in [9.17, 15) is 0 Å². The molecular weight excluding hydrogens is 176 g/mol. The number of aromatic amines is 4. The molecule has 0 bridgehead atoms. The molecule has 4 heteroatoms. The van der Waals surface area contributed by atoms with E-state index in [1.165, 1.54) is 42.8 Å². The minimum Gasteiger partial charge on any atom is -0.284 e. The third kappa shape index (κ3) is 1.14. The molecule has 0 aliphatic heterocycles. The SMILES string of the molecule is C1=c2[nH][nH][nH][nH]c2=C2CCCCCC12. The van der Waals surface area contributed by atoms with Gasteiger partial charge in [0, 0.05) is 5.92 Å². The highest BCUT2D eigenvalue weighted by Gasteiger charge is 2.20. The van der Waals surface area contributed by atoms with Crippen molar-refractivity contribution in [3.63, 3.8) is 0 Å². The highest BCUT2D eigenvalue weighted by molar-refractivity contribution is 5.60. The number of hydrogen-bond donors (Lipinski definition) is 4. The lowest BCUT2D eigenvalue weighted by Crippen LogP contribution is -2.32. The van der Waals surface area contributed by atoms with Gasteiger partial charge in [0.2, 0.25) is 0 Å². The van der Waals surface area contributed by atoms with Crippen molar-refractivity contribution in [2.75, 3.05) is 0 Å². The zero-order chi connectivity index (χ0) is 9.38. The summed E-state index contributed by atoms with van der Waals surface area (Å²) in [5.74, 6) is 0.671. The Balaban J connectivity index is 2.21. The van der Waals surface area contributed by atoms with Gasteiger partial charge in [0.25, 0.3) is 0 Å². The zero-order valence-corrected chi connectivity index (χ0v) is 8.19. The van der Waals surface area contributed by atoms with Gasteiger partial charge in [-0.1, -0.05) is 12.8 Å². The van der Waals surface area contributed by atoms with Gasteiger partial charge >= 0.3 is 0 Å². The Morgan fingerprint density at radius 1 is 1.07 bits per heavy atom. The van der Waals surface area contributed by atoms with Crippen molar-refractivity contribution in [3.8, 4) is 0 Å². The van der Waals surface area contributed by atoms with Crippen molar-refractivity contribution in [2.45, 2.75) is 32.1 Å². The monoisotopic (exact) mass is 192 g/mol. The van der Waals surface area contributed by atoms with Gasteiger partial charge in [-0.2, -0.15) is 0 Å². The molecule has 2 aliphatic carbocycles. The summed E-state index contributed by atoms with van der Waals surface area (Å²) in [7, 11) is 0. The van der Waals surface area contributed by atoms with Crippen LogP contribution in [0.4, 0.5) is 0 Å². The molecule has 4 nitrogen and oxygen atoms in total. The van der Waals surface area contributed by atoms with Crippen LogP contribution in [0.2, 0.25) is 0 Å².